The number of aliphatic hydroxyl groups excluding tert-OH is 1. The predicted molar refractivity (Wildman–Crippen MR) is 122 cm³/mol. The van der Waals surface area contributed by atoms with Crippen LogP contribution in [0.4, 0.5) is 8.78 Å². The lowest BCUT2D eigenvalue weighted by molar-refractivity contribution is -0.155. The molecule has 3 aliphatic rings. The van der Waals surface area contributed by atoms with Crippen LogP contribution in [-0.4, -0.2) is 60.7 Å². The van der Waals surface area contributed by atoms with Crippen LogP contribution in [-0.2, 0) is 17.6 Å². The Bertz CT molecular complexity index is 1020. The lowest BCUT2D eigenvalue weighted by Crippen LogP contribution is -2.54. The summed E-state index contributed by atoms with van der Waals surface area (Å²) in [5.41, 5.74) is 2.22. The standard InChI is InChI=1S/C26H30F2N2O4/c27-26(28,20-13-17-5-1-2-6-18(17)14-20)25(32)29-21(16-30-9-3-4-10-30)24(31)19-7-8-22-23(15-19)34-12-11-33-22/h1-2,5-8,15,20-21,24,31H,3-4,9-14,16H2,(H,29,32). The molecule has 0 saturated carbocycles. The number of likely N-dealkylation sites (tertiary alicyclic amines) is 1. The fraction of sp³-hybridized carbons (Fsp3) is 0.500. The van der Waals surface area contributed by atoms with Crippen LogP contribution in [0.5, 0.6) is 11.5 Å². The largest absolute Gasteiger partial charge is 0.486 e. The van der Waals surface area contributed by atoms with E-state index in [0.29, 0.717) is 36.8 Å². The van der Waals surface area contributed by atoms with Gasteiger partial charge in [-0.05, 0) is 67.6 Å². The number of nitrogens with zero attached hydrogens (tertiary/aromatic N) is 1. The van der Waals surface area contributed by atoms with E-state index >= 15 is 8.78 Å². The molecule has 2 heterocycles. The maximum absolute atomic E-state index is 15.3. The smallest absolute Gasteiger partial charge is 0.327 e. The second-order valence-electron chi connectivity index (χ2n) is 9.43. The molecule has 2 atom stereocenters. The van der Waals surface area contributed by atoms with Gasteiger partial charge in [-0.3, -0.25) is 4.79 Å². The zero-order valence-corrected chi connectivity index (χ0v) is 19.0. The normalized spacial score (nSPS) is 20.1. The van der Waals surface area contributed by atoms with Gasteiger partial charge in [0.25, 0.3) is 5.91 Å². The number of ether oxygens (including phenoxy) is 2. The monoisotopic (exact) mass is 472 g/mol. The number of amides is 1. The number of rotatable bonds is 7. The lowest BCUT2D eigenvalue weighted by atomic mass is 9.95. The Morgan fingerprint density at radius 3 is 2.38 bits per heavy atom. The number of carbonyl (C=O) groups is 1. The van der Waals surface area contributed by atoms with Crippen molar-refractivity contribution in [3.05, 3.63) is 59.2 Å². The van der Waals surface area contributed by atoms with E-state index in [-0.39, 0.29) is 12.8 Å². The van der Waals surface area contributed by atoms with Gasteiger partial charge in [-0.25, -0.2) is 0 Å². The highest BCUT2D eigenvalue weighted by Gasteiger charge is 2.50. The minimum Gasteiger partial charge on any atom is -0.486 e. The van der Waals surface area contributed by atoms with Crippen LogP contribution in [0.1, 0.15) is 35.6 Å². The fourth-order valence-corrected chi connectivity index (χ4v) is 5.21. The summed E-state index contributed by atoms with van der Waals surface area (Å²) in [5, 5.41) is 13.7. The van der Waals surface area contributed by atoms with E-state index in [0.717, 1.165) is 37.1 Å². The van der Waals surface area contributed by atoms with Gasteiger partial charge in [0.15, 0.2) is 11.5 Å². The van der Waals surface area contributed by atoms with Gasteiger partial charge in [-0.2, -0.15) is 8.78 Å². The third-order valence-electron chi connectivity index (χ3n) is 7.13. The maximum atomic E-state index is 15.3. The van der Waals surface area contributed by atoms with Gasteiger partial charge in [0, 0.05) is 12.5 Å². The number of aliphatic hydroxyl groups is 1. The molecule has 5 rings (SSSR count). The molecule has 2 aliphatic heterocycles. The topological polar surface area (TPSA) is 71.0 Å². The molecule has 1 fully saturated rings. The van der Waals surface area contributed by atoms with E-state index in [9.17, 15) is 9.90 Å². The average Bonchev–Trinajstić information content (AvgIpc) is 3.53. The summed E-state index contributed by atoms with van der Waals surface area (Å²) in [6.45, 7) is 2.77. The Morgan fingerprint density at radius 1 is 1.06 bits per heavy atom. The quantitative estimate of drug-likeness (QED) is 0.648. The Labute approximate surface area is 197 Å². The summed E-state index contributed by atoms with van der Waals surface area (Å²) < 4.78 is 41.8. The first-order valence-corrected chi connectivity index (χ1v) is 12.0. The number of carbonyl (C=O) groups excluding carboxylic acids is 1. The zero-order chi connectivity index (χ0) is 23.7. The van der Waals surface area contributed by atoms with Crippen LogP contribution >= 0.6 is 0 Å². The highest BCUT2D eigenvalue weighted by molar-refractivity contribution is 5.84. The molecule has 6 nitrogen and oxygen atoms in total. The minimum atomic E-state index is -3.55. The summed E-state index contributed by atoms with van der Waals surface area (Å²) in [6, 6.07) is 11.5. The van der Waals surface area contributed by atoms with E-state index in [2.05, 4.69) is 10.2 Å². The van der Waals surface area contributed by atoms with Gasteiger partial charge in [-0.15, -0.1) is 0 Å². The van der Waals surface area contributed by atoms with Crippen LogP contribution in [0.15, 0.2) is 42.5 Å². The van der Waals surface area contributed by atoms with Crippen LogP contribution in [0.2, 0.25) is 0 Å². The maximum Gasteiger partial charge on any atom is 0.327 e. The summed E-state index contributed by atoms with van der Waals surface area (Å²) in [5.74, 6) is -4.89. The highest BCUT2D eigenvalue weighted by Crippen LogP contribution is 2.38. The summed E-state index contributed by atoms with van der Waals surface area (Å²) in [4.78, 5) is 15.0. The third kappa shape index (κ3) is 4.61. The molecule has 34 heavy (non-hydrogen) atoms. The van der Waals surface area contributed by atoms with Crippen molar-refractivity contribution in [3.8, 4) is 11.5 Å². The average molecular weight is 473 g/mol. The molecule has 2 aromatic carbocycles. The molecule has 0 bridgehead atoms. The van der Waals surface area contributed by atoms with Gasteiger partial charge in [-0.1, -0.05) is 30.3 Å². The van der Waals surface area contributed by atoms with E-state index in [1.54, 1.807) is 18.2 Å². The summed E-state index contributed by atoms with van der Waals surface area (Å²) in [6.07, 6.45) is 1.18. The van der Waals surface area contributed by atoms with E-state index in [4.69, 9.17) is 9.47 Å². The Hall–Kier alpha value is -2.71. The fourth-order valence-electron chi connectivity index (χ4n) is 5.21. The van der Waals surface area contributed by atoms with Crippen molar-refractivity contribution >= 4 is 5.91 Å². The SMILES string of the molecule is O=C(NC(CN1CCCC1)C(O)c1ccc2c(c1)OCCO2)C(F)(F)C1Cc2ccccc2C1. The zero-order valence-electron chi connectivity index (χ0n) is 19.0. The van der Waals surface area contributed by atoms with Gasteiger partial charge in [0.1, 0.15) is 19.3 Å². The van der Waals surface area contributed by atoms with Crippen LogP contribution < -0.4 is 14.8 Å². The Kier molecular flexibility index (Phi) is 6.44. The summed E-state index contributed by atoms with van der Waals surface area (Å²) in [7, 11) is 0. The van der Waals surface area contributed by atoms with Gasteiger partial charge < -0.3 is 24.8 Å². The molecule has 0 aromatic heterocycles. The number of hydrogen-bond acceptors (Lipinski definition) is 5. The third-order valence-corrected chi connectivity index (χ3v) is 7.13. The van der Waals surface area contributed by atoms with Crippen LogP contribution in [0.25, 0.3) is 0 Å². The first-order chi connectivity index (χ1) is 16.4. The van der Waals surface area contributed by atoms with E-state index < -0.39 is 29.9 Å². The Morgan fingerprint density at radius 2 is 1.71 bits per heavy atom. The molecule has 2 N–H and O–H groups in total. The lowest BCUT2D eigenvalue weighted by Gasteiger charge is -2.31. The van der Waals surface area contributed by atoms with E-state index in [1.165, 1.54) is 0 Å². The molecular weight excluding hydrogens is 442 g/mol. The number of benzene rings is 2. The van der Waals surface area contributed by atoms with Gasteiger partial charge >= 0.3 is 5.92 Å². The van der Waals surface area contributed by atoms with E-state index in [1.807, 2.05) is 24.3 Å². The molecule has 2 unspecified atom stereocenters. The molecule has 2 aromatic rings. The molecule has 1 amide bonds. The minimum absolute atomic E-state index is 0.165. The molecule has 0 spiro atoms. The first-order valence-electron chi connectivity index (χ1n) is 12.0. The van der Waals surface area contributed by atoms with Crippen molar-refractivity contribution < 1.29 is 28.2 Å². The Balaban J connectivity index is 1.34. The molecule has 1 saturated heterocycles. The first kappa shape index (κ1) is 23.1. The molecule has 182 valence electrons. The van der Waals surface area contributed by atoms with Gasteiger partial charge in [0.05, 0.1) is 6.04 Å². The van der Waals surface area contributed by atoms with Crippen molar-refractivity contribution in [3.63, 3.8) is 0 Å². The number of halogens is 2. The molecule has 0 radical (unpaired) electrons. The predicted octanol–water partition coefficient (Wildman–Crippen LogP) is 3.12. The second kappa shape index (κ2) is 9.50. The van der Waals surface area contributed by atoms with Crippen LogP contribution in [0, 0.1) is 5.92 Å². The number of fused-ring (bicyclic) bond motifs is 2. The second-order valence-corrected chi connectivity index (χ2v) is 9.43. The van der Waals surface area contributed by atoms with Gasteiger partial charge in [0.2, 0.25) is 0 Å². The van der Waals surface area contributed by atoms with Crippen molar-refractivity contribution in [2.75, 3.05) is 32.8 Å². The number of nitrogens with one attached hydrogen (secondary N) is 1. The molecular formula is C26H30F2N2O4. The number of hydrogen-bond donors (Lipinski definition) is 2. The number of alkyl halides is 2. The molecule has 1 aliphatic carbocycles. The summed E-state index contributed by atoms with van der Waals surface area (Å²) >= 11 is 0. The van der Waals surface area contributed by atoms with Crippen molar-refractivity contribution in [1.29, 1.82) is 0 Å². The molecule has 8 heteroatoms. The van der Waals surface area contributed by atoms with Crippen molar-refractivity contribution in [1.82, 2.24) is 10.2 Å². The van der Waals surface area contributed by atoms with Crippen molar-refractivity contribution in [2.24, 2.45) is 5.92 Å². The highest BCUT2D eigenvalue weighted by atomic mass is 19.3. The van der Waals surface area contributed by atoms with Crippen molar-refractivity contribution in [2.45, 2.75) is 43.8 Å². The van der Waals surface area contributed by atoms with Crippen LogP contribution in [0.3, 0.4) is 0 Å².